The molecular weight excluding hydrogens is 232 g/mol. The Morgan fingerprint density at radius 3 is 2.83 bits per heavy atom. The standard InChI is InChI=1S/C12H18N4O2/c13-5-10-11(12(17)18)14-15-16(10)6-9-4-7-1-2-8(9)3-7/h7-9H,1-6,13H2,(H,17,18). The fraction of sp³-hybridized carbons (Fsp3) is 0.750. The van der Waals surface area contributed by atoms with Gasteiger partial charge in [0.1, 0.15) is 0 Å². The lowest BCUT2D eigenvalue weighted by Crippen LogP contribution is -2.21. The number of carboxylic acid groups (broad SMARTS) is 1. The summed E-state index contributed by atoms with van der Waals surface area (Å²) in [6, 6.07) is 0. The van der Waals surface area contributed by atoms with Gasteiger partial charge in [0.2, 0.25) is 0 Å². The first-order valence-corrected chi connectivity index (χ1v) is 6.54. The van der Waals surface area contributed by atoms with Crippen molar-refractivity contribution in [1.82, 2.24) is 15.0 Å². The van der Waals surface area contributed by atoms with Crippen LogP contribution in [0.4, 0.5) is 0 Å². The highest BCUT2D eigenvalue weighted by Crippen LogP contribution is 2.48. The van der Waals surface area contributed by atoms with E-state index < -0.39 is 5.97 Å². The van der Waals surface area contributed by atoms with Crippen molar-refractivity contribution in [2.45, 2.75) is 38.8 Å². The maximum absolute atomic E-state index is 11.0. The van der Waals surface area contributed by atoms with Crippen molar-refractivity contribution in [3.63, 3.8) is 0 Å². The second-order valence-electron chi connectivity index (χ2n) is 5.51. The van der Waals surface area contributed by atoms with Gasteiger partial charge >= 0.3 is 5.97 Å². The summed E-state index contributed by atoms with van der Waals surface area (Å²) in [7, 11) is 0. The third-order valence-electron chi connectivity index (χ3n) is 4.53. The number of aromatic carboxylic acids is 1. The zero-order valence-corrected chi connectivity index (χ0v) is 10.2. The molecule has 2 aliphatic rings. The number of hydrogen-bond donors (Lipinski definition) is 2. The Kier molecular flexibility index (Phi) is 2.81. The maximum Gasteiger partial charge on any atom is 0.358 e. The fourth-order valence-electron chi connectivity index (χ4n) is 3.67. The summed E-state index contributed by atoms with van der Waals surface area (Å²) in [5.41, 5.74) is 6.17. The van der Waals surface area contributed by atoms with Gasteiger partial charge in [-0.15, -0.1) is 5.10 Å². The van der Waals surface area contributed by atoms with Gasteiger partial charge in [0.25, 0.3) is 0 Å². The normalized spacial score (nSPS) is 29.9. The van der Waals surface area contributed by atoms with Crippen LogP contribution in [-0.4, -0.2) is 26.1 Å². The van der Waals surface area contributed by atoms with E-state index in [1.165, 1.54) is 25.7 Å². The van der Waals surface area contributed by atoms with E-state index in [9.17, 15) is 4.79 Å². The van der Waals surface area contributed by atoms with E-state index in [0.29, 0.717) is 11.6 Å². The van der Waals surface area contributed by atoms with Crippen LogP contribution in [0, 0.1) is 17.8 Å². The topological polar surface area (TPSA) is 94.0 Å². The molecule has 0 aliphatic heterocycles. The SMILES string of the molecule is NCc1c(C(=O)O)nnn1CC1CC2CCC1C2. The molecule has 6 heteroatoms. The molecule has 2 aliphatic carbocycles. The number of carboxylic acids is 1. The molecule has 1 aromatic rings. The van der Waals surface area contributed by atoms with Gasteiger partial charge in [-0.1, -0.05) is 11.6 Å². The molecule has 2 fully saturated rings. The molecule has 1 heterocycles. The van der Waals surface area contributed by atoms with Crippen LogP contribution in [0.1, 0.15) is 41.9 Å². The van der Waals surface area contributed by atoms with E-state index in [4.69, 9.17) is 10.8 Å². The monoisotopic (exact) mass is 250 g/mol. The summed E-state index contributed by atoms with van der Waals surface area (Å²) in [5, 5.41) is 16.7. The molecule has 3 N–H and O–H groups in total. The van der Waals surface area contributed by atoms with Crippen LogP contribution in [-0.2, 0) is 13.1 Å². The highest BCUT2D eigenvalue weighted by atomic mass is 16.4. The zero-order valence-electron chi connectivity index (χ0n) is 10.2. The Bertz CT molecular complexity index is 471. The van der Waals surface area contributed by atoms with E-state index in [1.807, 2.05) is 0 Å². The third kappa shape index (κ3) is 1.80. The second-order valence-corrected chi connectivity index (χ2v) is 5.51. The first-order valence-electron chi connectivity index (χ1n) is 6.54. The van der Waals surface area contributed by atoms with Crippen molar-refractivity contribution < 1.29 is 9.90 Å². The fourth-order valence-corrected chi connectivity index (χ4v) is 3.67. The molecule has 6 nitrogen and oxygen atoms in total. The molecular formula is C12H18N4O2. The Balaban J connectivity index is 1.78. The number of hydrogen-bond acceptors (Lipinski definition) is 4. The number of aromatic nitrogens is 3. The summed E-state index contributed by atoms with van der Waals surface area (Å²) in [6.45, 7) is 0.948. The molecule has 0 spiro atoms. The van der Waals surface area contributed by atoms with Crippen LogP contribution >= 0.6 is 0 Å². The van der Waals surface area contributed by atoms with E-state index >= 15 is 0 Å². The summed E-state index contributed by atoms with van der Waals surface area (Å²) >= 11 is 0. The van der Waals surface area contributed by atoms with Crippen molar-refractivity contribution in [2.75, 3.05) is 0 Å². The number of nitrogens with two attached hydrogens (primary N) is 1. The summed E-state index contributed by atoms with van der Waals surface area (Å²) < 4.78 is 1.70. The van der Waals surface area contributed by atoms with Crippen LogP contribution in [0.2, 0.25) is 0 Å². The minimum Gasteiger partial charge on any atom is -0.476 e. The largest absolute Gasteiger partial charge is 0.476 e. The molecule has 0 aromatic carbocycles. The van der Waals surface area contributed by atoms with E-state index in [1.54, 1.807) is 4.68 Å². The summed E-state index contributed by atoms with van der Waals surface area (Å²) in [4.78, 5) is 11.0. The number of carbonyl (C=O) groups is 1. The van der Waals surface area contributed by atoms with Gasteiger partial charge in [0.05, 0.1) is 5.69 Å². The lowest BCUT2D eigenvalue weighted by molar-refractivity contribution is 0.0689. The Hall–Kier alpha value is -1.43. The van der Waals surface area contributed by atoms with Crippen LogP contribution < -0.4 is 5.73 Å². The molecule has 18 heavy (non-hydrogen) atoms. The molecule has 1 aromatic heterocycles. The lowest BCUT2D eigenvalue weighted by Gasteiger charge is -2.21. The van der Waals surface area contributed by atoms with Crippen molar-refractivity contribution in [2.24, 2.45) is 23.5 Å². The molecule has 2 saturated carbocycles. The molecule has 0 radical (unpaired) electrons. The molecule has 3 unspecified atom stereocenters. The Morgan fingerprint density at radius 1 is 1.44 bits per heavy atom. The quantitative estimate of drug-likeness (QED) is 0.827. The molecule has 98 valence electrons. The average Bonchev–Trinajstić information content (AvgIpc) is 3.02. The van der Waals surface area contributed by atoms with Gasteiger partial charge in [-0.2, -0.15) is 0 Å². The molecule has 0 saturated heterocycles. The van der Waals surface area contributed by atoms with Crippen LogP contribution in [0.3, 0.4) is 0 Å². The first kappa shape index (κ1) is 11.6. The number of fused-ring (bicyclic) bond motifs is 2. The number of rotatable bonds is 4. The zero-order chi connectivity index (χ0) is 12.7. The van der Waals surface area contributed by atoms with Gasteiger partial charge in [-0.3, -0.25) is 0 Å². The van der Waals surface area contributed by atoms with E-state index in [2.05, 4.69) is 10.3 Å². The van der Waals surface area contributed by atoms with Crippen molar-refractivity contribution in [1.29, 1.82) is 0 Å². The molecule has 3 atom stereocenters. The smallest absolute Gasteiger partial charge is 0.358 e. The van der Waals surface area contributed by atoms with Crippen molar-refractivity contribution >= 4 is 5.97 Å². The van der Waals surface area contributed by atoms with Crippen molar-refractivity contribution in [3.8, 4) is 0 Å². The van der Waals surface area contributed by atoms with Gasteiger partial charge in [0.15, 0.2) is 5.69 Å². The second kappa shape index (κ2) is 4.35. The Morgan fingerprint density at radius 2 is 2.28 bits per heavy atom. The maximum atomic E-state index is 11.0. The molecule has 3 rings (SSSR count). The van der Waals surface area contributed by atoms with Crippen molar-refractivity contribution in [3.05, 3.63) is 11.4 Å². The van der Waals surface area contributed by atoms with Gasteiger partial charge in [-0.25, -0.2) is 9.48 Å². The minimum atomic E-state index is -1.05. The highest BCUT2D eigenvalue weighted by Gasteiger charge is 2.39. The first-order chi connectivity index (χ1) is 8.69. The highest BCUT2D eigenvalue weighted by molar-refractivity contribution is 5.86. The molecule has 2 bridgehead atoms. The van der Waals surface area contributed by atoms with E-state index in [-0.39, 0.29) is 12.2 Å². The predicted octanol–water partition coefficient (Wildman–Crippen LogP) is 0.871. The minimum absolute atomic E-state index is 0.000608. The molecule has 0 amide bonds. The van der Waals surface area contributed by atoms with Gasteiger partial charge in [0, 0.05) is 13.1 Å². The summed E-state index contributed by atoms with van der Waals surface area (Å²) in [5.74, 6) is 1.24. The van der Waals surface area contributed by atoms with Crippen LogP contribution in [0.5, 0.6) is 0 Å². The van der Waals surface area contributed by atoms with Crippen LogP contribution in [0.25, 0.3) is 0 Å². The Labute approximate surface area is 105 Å². The average molecular weight is 250 g/mol. The third-order valence-corrected chi connectivity index (χ3v) is 4.53. The lowest BCUT2D eigenvalue weighted by atomic mass is 9.89. The summed E-state index contributed by atoms with van der Waals surface area (Å²) in [6.07, 6.45) is 5.26. The number of nitrogens with zero attached hydrogens (tertiary/aromatic N) is 3. The van der Waals surface area contributed by atoms with E-state index in [0.717, 1.165) is 18.4 Å². The van der Waals surface area contributed by atoms with Gasteiger partial charge < -0.3 is 10.8 Å². The van der Waals surface area contributed by atoms with Crippen LogP contribution in [0.15, 0.2) is 0 Å². The van der Waals surface area contributed by atoms with Gasteiger partial charge in [-0.05, 0) is 37.0 Å². The predicted molar refractivity (Wildman–Crippen MR) is 63.8 cm³/mol.